The van der Waals surface area contributed by atoms with Crippen molar-refractivity contribution in [2.45, 2.75) is 38.1 Å². The average molecular weight is 576 g/mol. The summed E-state index contributed by atoms with van der Waals surface area (Å²) in [5, 5.41) is 25.5. The molecule has 0 aromatic heterocycles. The number of nitro benzene ring substituents is 1. The molecule has 210 valence electrons. The van der Waals surface area contributed by atoms with Gasteiger partial charge in [-0.2, -0.15) is 10.2 Å². The first-order valence-corrected chi connectivity index (χ1v) is 14.4. The number of carbonyl (C=O) groups is 1. The number of hydrogen-bond acceptors (Lipinski definition) is 8. The van der Waals surface area contributed by atoms with Gasteiger partial charge in [0.2, 0.25) is 4.99 Å². The van der Waals surface area contributed by atoms with Gasteiger partial charge in [0.25, 0.3) is 5.69 Å². The van der Waals surface area contributed by atoms with Crippen molar-refractivity contribution in [1.82, 2.24) is 0 Å². The van der Waals surface area contributed by atoms with Crippen molar-refractivity contribution in [1.29, 1.82) is 0 Å². The molecule has 0 radical (unpaired) electrons. The zero-order valence-electron chi connectivity index (χ0n) is 23.7. The number of non-ortho nitro benzene ring substituents is 1. The molecule has 0 saturated carbocycles. The van der Waals surface area contributed by atoms with E-state index in [-0.39, 0.29) is 16.9 Å². The van der Waals surface area contributed by atoms with Crippen LogP contribution in [0.5, 0.6) is 0 Å². The summed E-state index contributed by atoms with van der Waals surface area (Å²) in [5.41, 5.74) is 6.15. The number of nitro groups is 1. The van der Waals surface area contributed by atoms with Crippen LogP contribution in [0.3, 0.4) is 0 Å². The average Bonchev–Trinajstić information content (AvgIpc) is 3.39. The van der Waals surface area contributed by atoms with Crippen LogP contribution < -0.4 is 10.0 Å². The lowest BCUT2D eigenvalue weighted by Crippen LogP contribution is -2.54. The van der Waals surface area contributed by atoms with Crippen LogP contribution in [-0.4, -0.2) is 21.5 Å². The Morgan fingerprint density at radius 1 is 0.810 bits per heavy atom. The van der Waals surface area contributed by atoms with Gasteiger partial charge >= 0.3 is 0 Å². The number of nitrogens with zero attached hydrogens (tertiary/aromatic N) is 5. The summed E-state index contributed by atoms with van der Waals surface area (Å²) in [6.45, 7) is 8.05. The predicted octanol–water partition coefficient (Wildman–Crippen LogP) is 7.43. The minimum Gasteiger partial charge on any atom is -0.292 e. The van der Waals surface area contributed by atoms with E-state index < -0.39 is 9.92 Å². The second kappa shape index (κ2) is 10.3. The molecule has 0 N–H and O–H groups in total. The normalized spacial score (nSPS) is 18.0. The molecule has 0 unspecified atom stereocenters. The third-order valence-electron chi connectivity index (χ3n) is 7.37. The van der Waals surface area contributed by atoms with Crippen molar-refractivity contribution in [2.24, 2.45) is 10.2 Å². The number of fused-ring (bicyclic) bond motifs is 2. The van der Waals surface area contributed by atoms with Gasteiger partial charge in [-0.3, -0.25) is 14.9 Å². The van der Waals surface area contributed by atoms with Crippen molar-refractivity contribution in [3.8, 4) is 0 Å². The van der Waals surface area contributed by atoms with E-state index in [1.54, 1.807) is 17.1 Å². The van der Waals surface area contributed by atoms with E-state index in [1.165, 1.54) is 36.4 Å². The van der Waals surface area contributed by atoms with Gasteiger partial charge < -0.3 is 0 Å². The highest BCUT2D eigenvalue weighted by Crippen LogP contribution is 2.55. The summed E-state index contributed by atoms with van der Waals surface area (Å²) < 4.78 is 0. The number of anilines is 2. The first-order valence-electron chi connectivity index (χ1n) is 13.6. The molecule has 2 aliphatic heterocycles. The molecule has 0 fully saturated rings. The van der Waals surface area contributed by atoms with Gasteiger partial charge in [-0.25, -0.2) is 10.0 Å². The number of ketones is 1. The molecule has 8 nitrogen and oxygen atoms in total. The molecule has 1 atom stereocenters. The topological polar surface area (TPSA) is 91.4 Å². The molecule has 1 spiro atoms. The van der Waals surface area contributed by atoms with Crippen LogP contribution in [0.1, 0.15) is 49.9 Å². The Bertz CT molecular complexity index is 1750. The first-order chi connectivity index (χ1) is 20.1. The molecule has 2 heterocycles. The Labute approximate surface area is 248 Å². The van der Waals surface area contributed by atoms with E-state index in [2.05, 4.69) is 45.0 Å². The molecule has 0 saturated heterocycles. The zero-order valence-corrected chi connectivity index (χ0v) is 24.5. The molecule has 6 rings (SSSR count). The molecule has 9 heteroatoms. The first kappa shape index (κ1) is 27.4. The van der Waals surface area contributed by atoms with Gasteiger partial charge in [-0.15, -0.1) is 0 Å². The maximum atomic E-state index is 12.8. The Kier molecular flexibility index (Phi) is 6.69. The largest absolute Gasteiger partial charge is 0.292 e. The van der Waals surface area contributed by atoms with E-state index in [4.69, 9.17) is 10.2 Å². The van der Waals surface area contributed by atoms with E-state index in [0.717, 1.165) is 28.1 Å². The number of carbonyl (C=O) groups excluding carboxylic acids is 1. The van der Waals surface area contributed by atoms with Crippen molar-refractivity contribution in [3.63, 3.8) is 0 Å². The summed E-state index contributed by atoms with van der Waals surface area (Å²) in [7, 11) is 0. The molecule has 42 heavy (non-hydrogen) atoms. The van der Waals surface area contributed by atoms with Crippen LogP contribution in [0.4, 0.5) is 17.1 Å². The van der Waals surface area contributed by atoms with Crippen molar-refractivity contribution >= 4 is 45.4 Å². The monoisotopic (exact) mass is 575 g/mol. The lowest BCUT2D eigenvalue weighted by atomic mass is 9.85. The highest BCUT2D eigenvalue weighted by atomic mass is 32.2. The van der Waals surface area contributed by atoms with Crippen LogP contribution >= 0.6 is 11.8 Å². The van der Waals surface area contributed by atoms with Crippen LogP contribution in [0.2, 0.25) is 0 Å². The van der Waals surface area contributed by atoms with Gasteiger partial charge in [0.1, 0.15) is 0 Å². The number of Topliss-reactive ketones (excluding diaryl/α,β-unsaturated/α-hetero) is 1. The van der Waals surface area contributed by atoms with Crippen molar-refractivity contribution in [2.75, 3.05) is 10.0 Å². The number of rotatable bonds is 5. The smallest absolute Gasteiger partial charge is 0.269 e. The number of para-hydroxylation sites is 1. The minimum atomic E-state index is -1.12. The fourth-order valence-corrected chi connectivity index (χ4v) is 6.49. The maximum absolute atomic E-state index is 12.8. The third-order valence-corrected chi connectivity index (χ3v) is 8.78. The van der Waals surface area contributed by atoms with E-state index in [1.807, 2.05) is 59.6 Å². The Balaban J connectivity index is 1.60. The quantitative estimate of drug-likeness (QED) is 0.182. The minimum absolute atomic E-state index is 0.0110. The molecule has 4 aromatic carbocycles. The molecule has 0 amide bonds. The lowest BCUT2D eigenvalue weighted by molar-refractivity contribution is -0.384. The number of hydrogen-bond donors (Lipinski definition) is 0. The Morgan fingerprint density at radius 2 is 1.40 bits per heavy atom. The van der Waals surface area contributed by atoms with Gasteiger partial charge in [0.05, 0.1) is 22.0 Å². The Hall–Kier alpha value is -4.76. The van der Waals surface area contributed by atoms with Crippen molar-refractivity contribution in [3.05, 3.63) is 135 Å². The molecule has 4 aromatic rings. The predicted molar refractivity (Wildman–Crippen MR) is 169 cm³/mol. The third kappa shape index (κ3) is 4.55. The molecular formula is C33H29N5O3S. The fourth-order valence-electron chi connectivity index (χ4n) is 5.20. The van der Waals surface area contributed by atoms with Crippen LogP contribution in [0.15, 0.2) is 113 Å². The van der Waals surface area contributed by atoms with Gasteiger partial charge in [-0.1, -0.05) is 87.5 Å². The summed E-state index contributed by atoms with van der Waals surface area (Å²) in [4.78, 5) is 22.7. The Morgan fingerprint density at radius 3 is 2.02 bits per heavy atom. The second-order valence-electron chi connectivity index (χ2n) is 11.2. The highest BCUT2D eigenvalue weighted by Gasteiger charge is 2.55. The highest BCUT2D eigenvalue weighted by molar-refractivity contribution is 8.17. The number of benzene rings is 4. The van der Waals surface area contributed by atoms with E-state index >= 15 is 0 Å². The zero-order chi connectivity index (χ0) is 29.6. The SMILES string of the molecule is CC(=O)C1=NN(c2ccc([N+](=O)[O-])cc2)[C@@]2(S1)c1ccccc1C(c1ccc(C(C)(C)C)cc1)=NN2c1ccccc1. The van der Waals surface area contributed by atoms with Gasteiger partial charge in [0.15, 0.2) is 10.8 Å². The van der Waals surface area contributed by atoms with Crippen LogP contribution in [-0.2, 0) is 15.2 Å². The lowest BCUT2D eigenvalue weighted by Gasteiger charge is -2.47. The molecule has 0 aliphatic carbocycles. The summed E-state index contributed by atoms with van der Waals surface area (Å²) in [6.07, 6.45) is 0. The molecule has 0 bridgehead atoms. The van der Waals surface area contributed by atoms with Gasteiger partial charge in [-0.05, 0) is 47.0 Å². The molecular weight excluding hydrogens is 546 g/mol. The van der Waals surface area contributed by atoms with Gasteiger partial charge in [0, 0.05) is 35.7 Å². The summed E-state index contributed by atoms with van der Waals surface area (Å²) in [6, 6.07) is 32.5. The second-order valence-corrected chi connectivity index (χ2v) is 12.4. The van der Waals surface area contributed by atoms with E-state index in [0.29, 0.717) is 10.7 Å². The van der Waals surface area contributed by atoms with Crippen molar-refractivity contribution < 1.29 is 9.72 Å². The number of hydrazone groups is 2. The maximum Gasteiger partial charge on any atom is 0.269 e. The van der Waals surface area contributed by atoms with Crippen LogP contribution in [0.25, 0.3) is 0 Å². The van der Waals surface area contributed by atoms with E-state index in [9.17, 15) is 14.9 Å². The fraction of sp³-hybridized carbons (Fsp3) is 0.182. The van der Waals surface area contributed by atoms with Crippen LogP contribution in [0, 0.1) is 10.1 Å². The molecule has 2 aliphatic rings. The summed E-state index contributed by atoms with van der Waals surface area (Å²) in [5.74, 6) is -0.179. The summed E-state index contributed by atoms with van der Waals surface area (Å²) >= 11 is 1.32. The number of thioether (sulfide) groups is 1. The standard InChI is InChI=1S/C33H29N5O3S/c1-22(39)31-35-37(26-18-20-27(21-19-26)38(40)41)33(42-31)29-13-9-8-12-28(29)30(34-36(33)25-10-6-5-7-11-25)23-14-16-24(17-15-23)32(2,3)4/h5-21H,1-4H3/t33-/m1/s1.